The first kappa shape index (κ1) is 12.2. The fourth-order valence-corrected chi connectivity index (χ4v) is 1.13. The van der Waals surface area contributed by atoms with Gasteiger partial charge in [0.05, 0.1) is 12.6 Å². The van der Waals surface area contributed by atoms with Gasteiger partial charge in [-0.1, -0.05) is 18.2 Å². The Morgan fingerprint density at radius 3 is 2.69 bits per heavy atom. The van der Waals surface area contributed by atoms with Crippen molar-refractivity contribution in [2.75, 3.05) is 14.2 Å². The summed E-state index contributed by atoms with van der Waals surface area (Å²) in [5.74, 6) is -1.01. The molecule has 0 amide bonds. The van der Waals surface area contributed by atoms with Crippen LogP contribution in [0.4, 0.5) is 0 Å². The first-order valence-electron chi connectivity index (χ1n) is 4.56. The zero-order valence-corrected chi connectivity index (χ0v) is 9.02. The number of benzene rings is 1. The molecule has 0 atom stereocenters. The minimum absolute atomic E-state index is 0.0746. The summed E-state index contributed by atoms with van der Waals surface area (Å²) >= 11 is 0. The number of carboxylic acids is 1. The van der Waals surface area contributed by atoms with E-state index in [9.17, 15) is 4.79 Å². The van der Waals surface area contributed by atoms with Gasteiger partial charge in [0.25, 0.3) is 0 Å². The summed E-state index contributed by atoms with van der Waals surface area (Å²) in [6, 6.07) is 7.12. The smallest absolute Gasteiger partial charge is 0.357 e. The molecule has 0 aliphatic carbocycles. The van der Waals surface area contributed by atoms with E-state index < -0.39 is 5.97 Å². The Kier molecular flexibility index (Phi) is 4.43. The Morgan fingerprint density at radius 1 is 1.50 bits per heavy atom. The van der Waals surface area contributed by atoms with Crippen molar-refractivity contribution in [1.82, 2.24) is 15.7 Å². The Hall–Kier alpha value is -1.92. The number of carboxylic acid groups (broad SMARTS) is 1. The average Bonchev–Trinajstić information content (AvgIpc) is 2.73. The minimum atomic E-state index is -1.01. The van der Waals surface area contributed by atoms with E-state index in [2.05, 4.69) is 20.5 Å². The number of hydrogen-bond acceptors (Lipinski definition) is 4. The molecule has 2 aromatic rings. The van der Waals surface area contributed by atoms with Crippen LogP contribution >= 0.6 is 0 Å². The van der Waals surface area contributed by atoms with E-state index in [1.807, 2.05) is 6.07 Å². The molecule has 0 bridgehead atoms. The fraction of sp³-hybridized carbons (Fsp3) is 0.200. The van der Waals surface area contributed by atoms with Crippen LogP contribution < -0.4 is 5.48 Å². The second-order valence-electron chi connectivity index (χ2n) is 2.83. The molecule has 1 aromatic heterocycles. The van der Waals surface area contributed by atoms with Gasteiger partial charge in [-0.05, 0) is 6.07 Å². The highest BCUT2D eigenvalue weighted by Crippen LogP contribution is 2.14. The molecule has 0 unspecified atom stereocenters. The quantitative estimate of drug-likeness (QED) is 0.662. The van der Waals surface area contributed by atoms with Crippen molar-refractivity contribution in [3.63, 3.8) is 0 Å². The molecule has 16 heavy (non-hydrogen) atoms. The molecule has 6 nitrogen and oxygen atoms in total. The third-order valence-corrected chi connectivity index (χ3v) is 1.88. The van der Waals surface area contributed by atoms with Crippen LogP contribution in [-0.2, 0) is 4.84 Å². The summed E-state index contributed by atoms with van der Waals surface area (Å²) < 4.78 is 0. The largest absolute Gasteiger partial charge is 0.476 e. The molecule has 0 aliphatic rings. The number of H-pyrrole nitrogens is 1. The summed E-state index contributed by atoms with van der Waals surface area (Å²) in [7, 11) is 3.28. The number of nitrogens with one attached hydrogen (secondary N) is 2. The molecular formula is C10H13N3O3. The highest BCUT2D eigenvalue weighted by Gasteiger charge is 2.10. The van der Waals surface area contributed by atoms with E-state index in [4.69, 9.17) is 5.11 Å². The van der Waals surface area contributed by atoms with Gasteiger partial charge in [0.2, 0.25) is 0 Å². The molecule has 0 fully saturated rings. The second-order valence-corrected chi connectivity index (χ2v) is 2.83. The molecule has 0 aliphatic heterocycles. The first-order chi connectivity index (χ1) is 7.70. The predicted molar refractivity (Wildman–Crippen MR) is 59.1 cm³/mol. The van der Waals surface area contributed by atoms with Crippen molar-refractivity contribution in [3.05, 3.63) is 30.0 Å². The highest BCUT2D eigenvalue weighted by atomic mass is 16.6. The van der Waals surface area contributed by atoms with Gasteiger partial charge in [0.15, 0.2) is 5.69 Å². The Morgan fingerprint density at radius 2 is 2.12 bits per heavy atom. The fourth-order valence-electron chi connectivity index (χ4n) is 1.13. The van der Waals surface area contributed by atoms with Crippen LogP contribution in [-0.4, -0.2) is 35.4 Å². The Labute approximate surface area is 92.2 Å². The molecule has 6 heteroatoms. The highest BCUT2D eigenvalue weighted by molar-refractivity contribution is 6.00. The van der Waals surface area contributed by atoms with Gasteiger partial charge in [-0.15, -0.1) is 0 Å². The zero-order chi connectivity index (χ0) is 12.0. The number of aromatic nitrogens is 2. The molecular weight excluding hydrogens is 210 g/mol. The number of nitrogens with zero attached hydrogens (tertiary/aromatic N) is 1. The number of hydroxylamine groups is 1. The lowest BCUT2D eigenvalue weighted by atomic mass is 10.2. The van der Waals surface area contributed by atoms with Crippen LogP contribution in [0.15, 0.2) is 24.3 Å². The molecule has 0 spiro atoms. The van der Waals surface area contributed by atoms with Crippen LogP contribution in [0, 0.1) is 0 Å². The predicted octanol–water partition coefficient (Wildman–Crippen LogP) is 1.03. The average molecular weight is 223 g/mol. The molecule has 0 radical (unpaired) electrons. The SMILES string of the molecule is CNOC.O=C(O)c1n[nH]c2ccccc12. The van der Waals surface area contributed by atoms with Gasteiger partial charge >= 0.3 is 5.97 Å². The van der Waals surface area contributed by atoms with Crippen molar-refractivity contribution in [3.8, 4) is 0 Å². The first-order valence-corrected chi connectivity index (χ1v) is 4.56. The number of rotatable bonds is 2. The number of hydrogen-bond donors (Lipinski definition) is 3. The van der Waals surface area contributed by atoms with E-state index >= 15 is 0 Å². The van der Waals surface area contributed by atoms with Crippen molar-refractivity contribution in [2.24, 2.45) is 0 Å². The number of fused-ring (bicyclic) bond motifs is 1. The number of carbonyl (C=O) groups is 1. The van der Waals surface area contributed by atoms with Gasteiger partial charge in [-0.25, -0.2) is 10.3 Å². The van der Waals surface area contributed by atoms with Crippen molar-refractivity contribution >= 4 is 16.9 Å². The van der Waals surface area contributed by atoms with E-state index in [0.717, 1.165) is 5.52 Å². The maximum absolute atomic E-state index is 10.6. The molecule has 1 aromatic carbocycles. The molecule has 86 valence electrons. The number of aromatic carboxylic acids is 1. The lowest BCUT2D eigenvalue weighted by Gasteiger charge is -1.87. The molecule has 0 saturated carbocycles. The van der Waals surface area contributed by atoms with Crippen LogP contribution in [0.3, 0.4) is 0 Å². The van der Waals surface area contributed by atoms with Crippen molar-refractivity contribution in [2.45, 2.75) is 0 Å². The number of aromatic amines is 1. The summed E-state index contributed by atoms with van der Waals surface area (Å²) in [4.78, 5) is 14.9. The maximum Gasteiger partial charge on any atom is 0.357 e. The third-order valence-electron chi connectivity index (χ3n) is 1.88. The minimum Gasteiger partial charge on any atom is -0.476 e. The van der Waals surface area contributed by atoms with Crippen molar-refractivity contribution < 1.29 is 14.7 Å². The summed E-state index contributed by atoms with van der Waals surface area (Å²) in [6.07, 6.45) is 0. The van der Waals surface area contributed by atoms with Crippen molar-refractivity contribution in [1.29, 1.82) is 0 Å². The number of para-hydroxylation sites is 1. The Balaban J connectivity index is 0.000000280. The zero-order valence-electron chi connectivity index (χ0n) is 9.02. The van der Waals surface area contributed by atoms with Gasteiger partial charge in [0, 0.05) is 12.4 Å². The summed E-state index contributed by atoms with van der Waals surface area (Å²) in [6.45, 7) is 0. The summed E-state index contributed by atoms with van der Waals surface area (Å²) in [5, 5.41) is 15.6. The van der Waals surface area contributed by atoms with Crippen LogP contribution in [0.25, 0.3) is 10.9 Å². The van der Waals surface area contributed by atoms with E-state index in [0.29, 0.717) is 5.39 Å². The monoisotopic (exact) mass is 223 g/mol. The molecule has 0 saturated heterocycles. The van der Waals surface area contributed by atoms with E-state index in [1.165, 1.54) is 0 Å². The van der Waals surface area contributed by atoms with E-state index in [1.54, 1.807) is 32.4 Å². The topological polar surface area (TPSA) is 87.2 Å². The normalized spacial score (nSPS) is 9.62. The second kappa shape index (κ2) is 5.84. The van der Waals surface area contributed by atoms with Gasteiger partial charge in [-0.3, -0.25) is 5.10 Å². The van der Waals surface area contributed by atoms with Crippen LogP contribution in [0.5, 0.6) is 0 Å². The lowest BCUT2D eigenvalue weighted by Crippen LogP contribution is -2.00. The Bertz CT molecular complexity index is 465. The third kappa shape index (κ3) is 2.78. The molecule has 2 rings (SSSR count). The standard InChI is InChI=1S/C8H6N2O2.C2H7NO/c11-8(12)7-5-3-1-2-4-6(5)9-10-7;1-3-4-2/h1-4H,(H,9,10)(H,11,12);3H,1-2H3. The van der Waals surface area contributed by atoms with Crippen LogP contribution in [0.2, 0.25) is 0 Å². The summed E-state index contributed by atoms with van der Waals surface area (Å²) in [5.41, 5.74) is 3.25. The lowest BCUT2D eigenvalue weighted by molar-refractivity contribution is 0.0692. The van der Waals surface area contributed by atoms with Gasteiger partial charge in [-0.2, -0.15) is 5.10 Å². The van der Waals surface area contributed by atoms with Gasteiger partial charge in [0.1, 0.15) is 0 Å². The molecule has 3 N–H and O–H groups in total. The molecule has 1 heterocycles. The van der Waals surface area contributed by atoms with Gasteiger partial charge < -0.3 is 9.94 Å². The van der Waals surface area contributed by atoms with Crippen LogP contribution in [0.1, 0.15) is 10.5 Å². The van der Waals surface area contributed by atoms with E-state index in [-0.39, 0.29) is 5.69 Å². The maximum atomic E-state index is 10.6.